The highest BCUT2D eigenvalue weighted by Crippen LogP contribution is 2.79. The lowest BCUT2D eigenvalue weighted by molar-refractivity contribution is -0.384. The quantitative estimate of drug-likeness (QED) is 0.0589. The summed E-state index contributed by atoms with van der Waals surface area (Å²) in [4.78, 5) is 32.7. The number of amides is 1. The van der Waals surface area contributed by atoms with Crippen molar-refractivity contribution in [1.82, 2.24) is 14.5 Å². The van der Waals surface area contributed by atoms with Crippen LogP contribution < -0.4 is 14.9 Å². The third-order valence-electron chi connectivity index (χ3n) is 13.8. The molecule has 9 rings (SSSR count). The summed E-state index contributed by atoms with van der Waals surface area (Å²) in [6, 6.07) is 20.2. The van der Waals surface area contributed by atoms with Crippen molar-refractivity contribution >= 4 is 44.8 Å². The third-order valence-corrected chi connectivity index (χ3v) is 16.3. The van der Waals surface area contributed by atoms with Gasteiger partial charge in [0.1, 0.15) is 5.69 Å². The van der Waals surface area contributed by atoms with E-state index in [0.717, 1.165) is 88.3 Å². The fraction of sp³-hybridized carbons (Fsp3) is 0.543. The number of alkyl halides is 2. The number of benzene rings is 3. The number of hydrogen-bond donors (Lipinski definition) is 2. The Hall–Kier alpha value is -4.09. The first-order valence-electron chi connectivity index (χ1n) is 21.8. The van der Waals surface area contributed by atoms with Crippen LogP contribution in [-0.2, 0) is 14.8 Å². The number of allylic oxidation sites excluding steroid dienone is 1. The van der Waals surface area contributed by atoms with E-state index in [2.05, 4.69) is 38.6 Å². The number of carbonyl (C=O) groups excluding carboxylic acids is 1. The summed E-state index contributed by atoms with van der Waals surface area (Å²) >= 11 is 1.64. The standard InChI is InChI=1S/C46H58F2N6O6S2/c1-44(2)16-14-34(39(27-44)45-30-46(31-45,32-45)43(47)48)28-52-18-20-53(21-19-52)36-10-8-33(9-11-36)42(55)50-62(58,59)38-12-13-40(41(26-38)54(56)57)49-35(15-17-51-22-24-60-25-23-51)29-61-37-6-4-3-5-7-37/h3-13,26,35,43,49H,14-25,27-32H2,1-2H3,(H,50,55). The molecule has 2 saturated heterocycles. The smallest absolute Gasteiger partial charge is 0.293 e. The monoisotopic (exact) mass is 892 g/mol. The average molecular weight is 893 g/mol. The minimum Gasteiger partial charge on any atom is -0.379 e. The number of nitrogens with zero attached hydrogens (tertiary/aromatic N) is 4. The molecule has 1 unspecified atom stereocenters. The fourth-order valence-electron chi connectivity index (χ4n) is 10.2. The Morgan fingerprint density at radius 1 is 0.935 bits per heavy atom. The molecule has 2 N–H and O–H groups in total. The Morgan fingerprint density at radius 2 is 1.63 bits per heavy atom. The molecule has 6 aliphatic rings. The van der Waals surface area contributed by atoms with Gasteiger partial charge in [-0.3, -0.25) is 24.7 Å². The molecule has 12 nitrogen and oxygen atoms in total. The number of carbonyl (C=O) groups is 1. The number of nitro groups is 1. The Kier molecular flexibility index (Phi) is 13.1. The maximum Gasteiger partial charge on any atom is 0.293 e. The average Bonchev–Trinajstić information content (AvgIpc) is 3.22. The van der Waals surface area contributed by atoms with E-state index >= 15 is 0 Å². The van der Waals surface area contributed by atoms with Gasteiger partial charge in [0, 0.05) is 91.8 Å². The van der Waals surface area contributed by atoms with E-state index in [4.69, 9.17) is 4.74 Å². The molecule has 1 atom stereocenters. The molecule has 334 valence electrons. The first-order valence-corrected chi connectivity index (χ1v) is 24.3. The van der Waals surface area contributed by atoms with Crippen LogP contribution in [0.15, 0.2) is 93.7 Å². The molecule has 62 heavy (non-hydrogen) atoms. The van der Waals surface area contributed by atoms with Crippen LogP contribution >= 0.6 is 11.8 Å². The number of nitro benzene ring substituents is 1. The van der Waals surface area contributed by atoms with Gasteiger partial charge in [-0.1, -0.05) is 43.2 Å². The molecule has 3 saturated carbocycles. The Bertz CT molecular complexity index is 2230. The van der Waals surface area contributed by atoms with Gasteiger partial charge in [-0.05, 0) is 104 Å². The zero-order valence-corrected chi connectivity index (χ0v) is 37.3. The lowest BCUT2D eigenvalue weighted by Gasteiger charge is -2.72. The van der Waals surface area contributed by atoms with Crippen LogP contribution in [0.2, 0.25) is 0 Å². The van der Waals surface area contributed by atoms with Crippen LogP contribution in [0.1, 0.15) is 69.2 Å². The number of hydrogen-bond acceptors (Lipinski definition) is 11. The lowest BCUT2D eigenvalue weighted by atomic mass is 9.32. The largest absolute Gasteiger partial charge is 0.379 e. The molecule has 16 heteroatoms. The SMILES string of the molecule is CC1(C)CCC(CN2CCN(c3ccc(C(=O)NS(=O)(=O)c4ccc(NC(CCN5CCOCC5)CSc5ccccc5)c([N+](=O)[O-])c4)cc3)CC2)=C(C23CC(C(F)F)(C2)C3)C1. The molecular formula is C46H58F2N6O6S2. The number of ether oxygens (including phenoxy) is 1. The van der Waals surface area contributed by atoms with Gasteiger partial charge in [-0.2, -0.15) is 0 Å². The van der Waals surface area contributed by atoms with E-state index in [0.29, 0.717) is 44.6 Å². The van der Waals surface area contributed by atoms with Gasteiger partial charge < -0.3 is 15.0 Å². The van der Waals surface area contributed by atoms with Crippen molar-refractivity contribution in [2.75, 3.05) is 81.5 Å². The van der Waals surface area contributed by atoms with Crippen LogP contribution in [0.5, 0.6) is 0 Å². The van der Waals surface area contributed by atoms with E-state index in [-0.39, 0.29) is 33.0 Å². The molecule has 2 aliphatic heterocycles. The number of anilines is 2. The van der Waals surface area contributed by atoms with Crippen molar-refractivity contribution in [3.8, 4) is 0 Å². The number of morpholine rings is 1. The van der Waals surface area contributed by atoms with Gasteiger partial charge in [0.05, 0.1) is 23.0 Å². The molecule has 3 aromatic rings. The third kappa shape index (κ3) is 9.84. The number of rotatable bonds is 17. The van der Waals surface area contributed by atoms with E-state index in [1.165, 1.54) is 23.3 Å². The zero-order chi connectivity index (χ0) is 43.7. The van der Waals surface area contributed by atoms with Crippen LogP contribution in [0.25, 0.3) is 0 Å². The molecule has 0 radical (unpaired) electrons. The molecule has 4 aliphatic carbocycles. The molecule has 2 bridgehead atoms. The van der Waals surface area contributed by atoms with Gasteiger partial charge in [0.25, 0.3) is 21.6 Å². The van der Waals surface area contributed by atoms with Crippen LogP contribution in [0, 0.1) is 26.4 Å². The lowest BCUT2D eigenvalue weighted by Crippen LogP contribution is -2.66. The van der Waals surface area contributed by atoms with Crippen molar-refractivity contribution in [3.63, 3.8) is 0 Å². The van der Waals surface area contributed by atoms with Crippen LogP contribution in [0.3, 0.4) is 0 Å². The Balaban J connectivity index is 0.869. The molecule has 2 heterocycles. The second kappa shape index (κ2) is 18.2. The molecule has 0 spiro atoms. The van der Waals surface area contributed by atoms with Crippen molar-refractivity contribution in [3.05, 3.63) is 99.6 Å². The molecule has 0 aromatic heterocycles. The summed E-state index contributed by atoms with van der Waals surface area (Å²) in [5, 5.41) is 15.6. The molecule has 1 amide bonds. The number of sulfonamides is 1. The van der Waals surface area contributed by atoms with E-state index in [1.54, 1.807) is 36.0 Å². The maximum atomic E-state index is 13.7. The van der Waals surface area contributed by atoms with Gasteiger partial charge in [0.2, 0.25) is 6.43 Å². The maximum absolute atomic E-state index is 13.7. The second-order valence-electron chi connectivity index (χ2n) is 18.8. The highest BCUT2D eigenvalue weighted by Gasteiger charge is 2.73. The fourth-order valence-corrected chi connectivity index (χ4v) is 12.2. The molecule has 3 aromatic carbocycles. The van der Waals surface area contributed by atoms with Crippen molar-refractivity contribution < 1.29 is 31.7 Å². The van der Waals surface area contributed by atoms with Crippen LogP contribution in [0.4, 0.5) is 25.8 Å². The number of piperazine rings is 1. The van der Waals surface area contributed by atoms with Crippen molar-refractivity contribution in [2.24, 2.45) is 16.2 Å². The highest BCUT2D eigenvalue weighted by atomic mass is 32.2. The second-order valence-corrected chi connectivity index (χ2v) is 21.6. The summed E-state index contributed by atoms with van der Waals surface area (Å²) in [6.07, 6.45) is 3.53. The summed E-state index contributed by atoms with van der Waals surface area (Å²) in [5.41, 5.74) is 3.24. The van der Waals surface area contributed by atoms with Gasteiger partial charge in [0.15, 0.2) is 0 Å². The topological polar surface area (TPSA) is 137 Å². The minimum atomic E-state index is -4.46. The van der Waals surface area contributed by atoms with E-state index < -0.39 is 38.4 Å². The highest BCUT2D eigenvalue weighted by molar-refractivity contribution is 7.99. The van der Waals surface area contributed by atoms with E-state index in [1.807, 2.05) is 30.3 Å². The van der Waals surface area contributed by atoms with Gasteiger partial charge >= 0.3 is 0 Å². The zero-order valence-electron chi connectivity index (χ0n) is 35.6. The Labute approximate surface area is 368 Å². The van der Waals surface area contributed by atoms with Crippen LogP contribution in [-0.4, -0.2) is 113 Å². The summed E-state index contributed by atoms with van der Waals surface area (Å²) in [5.74, 6) is -0.208. The summed E-state index contributed by atoms with van der Waals surface area (Å²) in [6.45, 7) is 12.4. The first-order chi connectivity index (χ1) is 29.6. The normalized spacial score (nSPS) is 24.6. The number of nitrogens with one attached hydrogen (secondary N) is 2. The summed E-state index contributed by atoms with van der Waals surface area (Å²) < 4.78 is 62.0. The van der Waals surface area contributed by atoms with Gasteiger partial charge in [-0.15, -0.1) is 11.8 Å². The predicted molar refractivity (Wildman–Crippen MR) is 239 cm³/mol. The number of thioether (sulfide) groups is 1. The molecular weight excluding hydrogens is 835 g/mol. The van der Waals surface area contributed by atoms with Crippen molar-refractivity contribution in [1.29, 1.82) is 0 Å². The van der Waals surface area contributed by atoms with E-state index in [9.17, 15) is 32.1 Å². The van der Waals surface area contributed by atoms with Crippen molar-refractivity contribution in [2.45, 2.75) is 81.1 Å². The number of halogens is 2. The first kappa shape index (κ1) is 44.5. The minimum absolute atomic E-state index is 0.00569. The summed E-state index contributed by atoms with van der Waals surface area (Å²) in [7, 11) is -4.46. The Morgan fingerprint density at radius 3 is 2.29 bits per heavy atom. The predicted octanol–water partition coefficient (Wildman–Crippen LogP) is 8.07. The molecule has 5 fully saturated rings. The van der Waals surface area contributed by atoms with Gasteiger partial charge in [-0.25, -0.2) is 21.9 Å².